The average molecular weight is 333 g/mol. The molecule has 1 atom stereocenters. The molecule has 23 heavy (non-hydrogen) atoms. The second-order valence-electron chi connectivity index (χ2n) is 6.39. The van der Waals surface area contributed by atoms with Crippen molar-refractivity contribution in [2.45, 2.75) is 32.9 Å². The number of fused-ring (bicyclic) bond motifs is 1. The van der Waals surface area contributed by atoms with Crippen molar-refractivity contribution >= 4 is 17.2 Å². The Morgan fingerprint density at radius 2 is 2.35 bits per heavy atom. The van der Waals surface area contributed by atoms with Gasteiger partial charge in [0.1, 0.15) is 0 Å². The summed E-state index contributed by atoms with van der Waals surface area (Å²) in [5, 5.41) is 7.39. The van der Waals surface area contributed by atoms with Crippen molar-refractivity contribution in [3.8, 4) is 0 Å². The molecule has 124 valence electrons. The van der Waals surface area contributed by atoms with Gasteiger partial charge in [-0.2, -0.15) is 5.10 Å². The van der Waals surface area contributed by atoms with Crippen LogP contribution < -0.4 is 5.32 Å². The van der Waals surface area contributed by atoms with Crippen LogP contribution in [0.3, 0.4) is 0 Å². The summed E-state index contributed by atoms with van der Waals surface area (Å²) in [6, 6.07) is 0. The smallest absolute Gasteiger partial charge is 0.255 e. The molecule has 2 aromatic heterocycles. The Labute approximate surface area is 140 Å². The van der Waals surface area contributed by atoms with Gasteiger partial charge in [-0.1, -0.05) is 0 Å². The van der Waals surface area contributed by atoms with E-state index in [1.54, 1.807) is 17.5 Å². The second kappa shape index (κ2) is 6.80. The lowest BCUT2D eigenvalue weighted by Gasteiger charge is -2.26. The number of rotatable bonds is 5. The number of nitrogens with one attached hydrogen (secondary N) is 1. The third-order valence-electron chi connectivity index (χ3n) is 4.30. The predicted molar refractivity (Wildman–Crippen MR) is 90.6 cm³/mol. The van der Waals surface area contributed by atoms with Gasteiger partial charge in [-0.15, -0.1) is 11.3 Å². The van der Waals surface area contributed by atoms with Gasteiger partial charge in [0.25, 0.3) is 5.91 Å². The highest BCUT2D eigenvalue weighted by Gasteiger charge is 2.25. The van der Waals surface area contributed by atoms with E-state index in [-0.39, 0.29) is 5.91 Å². The fourth-order valence-corrected chi connectivity index (χ4v) is 3.83. The first-order valence-corrected chi connectivity index (χ1v) is 8.79. The maximum absolute atomic E-state index is 12.5. The largest absolute Gasteiger partial charge is 0.347 e. The first kappa shape index (κ1) is 16.1. The summed E-state index contributed by atoms with van der Waals surface area (Å²) in [5.41, 5.74) is 4.58. The normalized spacial score (nSPS) is 17.3. The maximum Gasteiger partial charge on any atom is 0.255 e. The summed E-state index contributed by atoms with van der Waals surface area (Å²) in [6.45, 7) is 4.44. The second-order valence-corrected chi connectivity index (χ2v) is 7.33. The molecule has 0 bridgehead atoms. The summed E-state index contributed by atoms with van der Waals surface area (Å²) < 4.78 is 1.99. The van der Waals surface area contributed by atoms with Gasteiger partial charge >= 0.3 is 0 Å². The van der Waals surface area contributed by atoms with Gasteiger partial charge < -0.3 is 10.2 Å². The molecule has 1 aliphatic heterocycles. The first-order chi connectivity index (χ1) is 11.0. The average Bonchev–Trinajstić information content (AvgIpc) is 3.10. The van der Waals surface area contributed by atoms with Crippen LogP contribution in [0, 0.1) is 12.8 Å². The Hall–Kier alpha value is -1.73. The monoisotopic (exact) mass is 333 g/mol. The van der Waals surface area contributed by atoms with Crippen LogP contribution in [-0.4, -0.2) is 46.2 Å². The predicted octanol–water partition coefficient (Wildman–Crippen LogP) is 1.70. The summed E-state index contributed by atoms with van der Waals surface area (Å²) in [6.07, 6.45) is 3.75. The number of thiazole rings is 1. The Kier molecular flexibility index (Phi) is 4.77. The van der Waals surface area contributed by atoms with E-state index in [4.69, 9.17) is 0 Å². The lowest BCUT2D eigenvalue weighted by atomic mass is 9.94. The molecule has 0 spiro atoms. The molecule has 7 heteroatoms. The SMILES string of the molecule is Cc1ncsc1CNC(=O)c1cnn2c1CC(CN(C)C)CC2. The van der Waals surface area contributed by atoms with Gasteiger partial charge in [-0.25, -0.2) is 4.98 Å². The molecule has 6 nitrogen and oxygen atoms in total. The van der Waals surface area contributed by atoms with E-state index >= 15 is 0 Å². The molecule has 3 heterocycles. The lowest BCUT2D eigenvalue weighted by molar-refractivity contribution is 0.0949. The molecular formula is C16H23N5OS. The standard InChI is InChI=1S/C16H23N5OS/c1-11-15(23-10-18-11)8-17-16(22)13-7-19-21-5-4-12(6-14(13)21)9-20(2)3/h7,10,12H,4-6,8-9H2,1-3H3,(H,17,22). The third-order valence-corrected chi connectivity index (χ3v) is 5.24. The molecule has 1 unspecified atom stereocenters. The fraction of sp³-hybridized carbons (Fsp3) is 0.562. The highest BCUT2D eigenvalue weighted by molar-refractivity contribution is 7.09. The number of hydrogen-bond donors (Lipinski definition) is 1. The van der Waals surface area contributed by atoms with Gasteiger partial charge in [0.2, 0.25) is 0 Å². The molecule has 0 aliphatic carbocycles. The molecule has 1 aliphatic rings. The first-order valence-electron chi connectivity index (χ1n) is 7.91. The van der Waals surface area contributed by atoms with E-state index in [1.807, 2.05) is 17.1 Å². The topological polar surface area (TPSA) is 63.1 Å². The number of aromatic nitrogens is 3. The van der Waals surface area contributed by atoms with Crippen molar-refractivity contribution in [1.29, 1.82) is 0 Å². The highest BCUT2D eigenvalue weighted by Crippen LogP contribution is 2.23. The van der Waals surface area contributed by atoms with E-state index in [0.29, 0.717) is 12.5 Å². The molecule has 1 N–H and O–H groups in total. The number of amides is 1. The molecule has 0 saturated carbocycles. The van der Waals surface area contributed by atoms with Gasteiger partial charge in [-0.05, 0) is 39.8 Å². The van der Waals surface area contributed by atoms with Gasteiger partial charge in [0.05, 0.1) is 35.2 Å². The zero-order valence-electron chi connectivity index (χ0n) is 13.9. The van der Waals surface area contributed by atoms with E-state index in [9.17, 15) is 4.79 Å². The summed E-state index contributed by atoms with van der Waals surface area (Å²) in [5.74, 6) is 0.550. The van der Waals surface area contributed by atoms with Crippen LogP contribution >= 0.6 is 11.3 Å². The number of hydrogen-bond acceptors (Lipinski definition) is 5. The van der Waals surface area contributed by atoms with Crippen molar-refractivity contribution < 1.29 is 4.79 Å². The van der Waals surface area contributed by atoms with Crippen LogP contribution in [-0.2, 0) is 19.5 Å². The third kappa shape index (κ3) is 3.61. The van der Waals surface area contributed by atoms with Crippen molar-refractivity contribution in [2.75, 3.05) is 20.6 Å². The number of carbonyl (C=O) groups excluding carboxylic acids is 1. The summed E-state index contributed by atoms with van der Waals surface area (Å²) in [7, 11) is 4.19. The Balaban J connectivity index is 1.68. The van der Waals surface area contributed by atoms with Crippen LogP contribution in [0.1, 0.15) is 33.0 Å². The van der Waals surface area contributed by atoms with Crippen LogP contribution in [0.15, 0.2) is 11.7 Å². The Morgan fingerprint density at radius 1 is 1.52 bits per heavy atom. The Bertz CT molecular complexity index is 690. The van der Waals surface area contributed by atoms with Crippen LogP contribution in [0.25, 0.3) is 0 Å². The van der Waals surface area contributed by atoms with E-state index in [0.717, 1.165) is 47.8 Å². The number of nitrogens with zero attached hydrogens (tertiary/aromatic N) is 4. The lowest BCUT2D eigenvalue weighted by Crippen LogP contribution is -2.31. The maximum atomic E-state index is 12.5. The van der Waals surface area contributed by atoms with Crippen LogP contribution in [0.2, 0.25) is 0 Å². The van der Waals surface area contributed by atoms with Gasteiger partial charge in [0.15, 0.2) is 0 Å². The van der Waals surface area contributed by atoms with E-state index in [2.05, 4.69) is 34.4 Å². The zero-order valence-corrected chi connectivity index (χ0v) is 14.7. The van der Waals surface area contributed by atoms with E-state index in [1.165, 1.54) is 0 Å². The van der Waals surface area contributed by atoms with Gasteiger partial charge in [0, 0.05) is 18.0 Å². The quantitative estimate of drug-likeness (QED) is 0.905. The van der Waals surface area contributed by atoms with Crippen LogP contribution in [0.5, 0.6) is 0 Å². The summed E-state index contributed by atoms with van der Waals surface area (Å²) in [4.78, 5) is 20.0. The fourth-order valence-electron chi connectivity index (χ4n) is 3.11. The van der Waals surface area contributed by atoms with Crippen molar-refractivity contribution in [3.63, 3.8) is 0 Å². The molecule has 0 aromatic carbocycles. The van der Waals surface area contributed by atoms with E-state index < -0.39 is 0 Å². The minimum Gasteiger partial charge on any atom is -0.347 e. The summed E-state index contributed by atoms with van der Waals surface area (Å²) >= 11 is 1.57. The molecular weight excluding hydrogens is 310 g/mol. The van der Waals surface area contributed by atoms with Gasteiger partial charge in [-0.3, -0.25) is 9.48 Å². The van der Waals surface area contributed by atoms with Crippen molar-refractivity contribution in [2.24, 2.45) is 5.92 Å². The number of carbonyl (C=O) groups is 1. The molecule has 0 saturated heterocycles. The highest BCUT2D eigenvalue weighted by atomic mass is 32.1. The van der Waals surface area contributed by atoms with Crippen molar-refractivity contribution in [1.82, 2.24) is 25.0 Å². The molecule has 0 radical (unpaired) electrons. The molecule has 2 aromatic rings. The molecule has 3 rings (SSSR count). The minimum atomic E-state index is -0.0375. The van der Waals surface area contributed by atoms with Crippen LogP contribution in [0.4, 0.5) is 0 Å². The number of aryl methyl sites for hydroxylation is 2. The molecule has 1 amide bonds. The zero-order chi connectivity index (χ0) is 16.4. The van der Waals surface area contributed by atoms with Crippen molar-refractivity contribution in [3.05, 3.63) is 33.5 Å². The Morgan fingerprint density at radius 3 is 3.04 bits per heavy atom. The minimum absolute atomic E-state index is 0.0375. The molecule has 0 fully saturated rings.